The van der Waals surface area contributed by atoms with Crippen LogP contribution in [0.25, 0.3) is 10.9 Å². The lowest BCUT2D eigenvalue weighted by Gasteiger charge is -2.65. The van der Waals surface area contributed by atoms with Crippen molar-refractivity contribution in [1.29, 1.82) is 0 Å². The lowest BCUT2D eigenvalue weighted by molar-refractivity contribution is -0.0652. The molecular formula is C32H33N3O2. The second kappa shape index (κ2) is 7.62. The Kier molecular flexibility index (Phi) is 4.49. The molecule has 2 aliphatic carbocycles. The Morgan fingerprint density at radius 2 is 1.92 bits per heavy atom. The van der Waals surface area contributed by atoms with Gasteiger partial charge in [-0.2, -0.15) is 0 Å². The van der Waals surface area contributed by atoms with Gasteiger partial charge >= 0.3 is 0 Å². The zero-order chi connectivity index (χ0) is 24.8. The minimum absolute atomic E-state index is 0.135. The quantitative estimate of drug-likeness (QED) is 0.343. The van der Waals surface area contributed by atoms with E-state index in [1.807, 2.05) is 6.07 Å². The normalized spacial score (nSPS) is 29.1. The molecule has 4 aromatic rings. The third-order valence-corrected chi connectivity index (χ3v) is 10.0. The number of H-pyrrole nitrogens is 1. The first-order valence-corrected chi connectivity index (χ1v) is 13.7. The number of hydrogen-bond acceptors (Lipinski definition) is 4. The van der Waals surface area contributed by atoms with Crippen molar-refractivity contribution < 1.29 is 9.84 Å². The molecular weight excluding hydrogens is 458 g/mol. The molecule has 3 N–H and O–H groups in total. The minimum Gasteiger partial charge on any atom is -0.504 e. The fourth-order valence-electron chi connectivity index (χ4n) is 8.48. The highest BCUT2D eigenvalue weighted by Gasteiger charge is 2.72. The van der Waals surface area contributed by atoms with Gasteiger partial charge in [-0.3, -0.25) is 0 Å². The summed E-state index contributed by atoms with van der Waals surface area (Å²) in [4.78, 5) is 6.36. The zero-order valence-corrected chi connectivity index (χ0v) is 21.3. The fraction of sp³-hybridized carbons (Fsp3) is 0.375. The lowest BCUT2D eigenvalue weighted by atomic mass is 9.47. The van der Waals surface area contributed by atoms with Crippen molar-refractivity contribution in [3.8, 4) is 11.5 Å². The Bertz CT molecular complexity index is 1530. The van der Waals surface area contributed by atoms with Gasteiger partial charge in [-0.25, -0.2) is 0 Å². The molecule has 37 heavy (non-hydrogen) atoms. The summed E-state index contributed by atoms with van der Waals surface area (Å²) in [5, 5.41) is 16.5. The van der Waals surface area contributed by atoms with Crippen LogP contribution in [0.4, 0.5) is 0 Å². The van der Waals surface area contributed by atoms with Crippen molar-refractivity contribution in [2.24, 2.45) is 0 Å². The monoisotopic (exact) mass is 491 g/mol. The third-order valence-electron chi connectivity index (χ3n) is 10.0. The predicted octanol–water partition coefficient (Wildman–Crippen LogP) is 5.02. The number of para-hydroxylation sites is 1. The second-order valence-electron chi connectivity index (χ2n) is 11.6. The van der Waals surface area contributed by atoms with Crippen LogP contribution in [0.3, 0.4) is 0 Å². The molecule has 1 saturated heterocycles. The van der Waals surface area contributed by atoms with Gasteiger partial charge in [0.1, 0.15) is 0 Å². The number of phenols is 1. The summed E-state index contributed by atoms with van der Waals surface area (Å²) in [5.41, 5.74) is 7.36. The number of ether oxygens (including phenoxy) is 1. The van der Waals surface area contributed by atoms with E-state index in [1.165, 1.54) is 38.9 Å². The van der Waals surface area contributed by atoms with Gasteiger partial charge in [0.05, 0.1) is 16.6 Å². The van der Waals surface area contributed by atoms with Crippen LogP contribution >= 0.6 is 0 Å². The van der Waals surface area contributed by atoms with Gasteiger partial charge in [0, 0.05) is 22.5 Å². The molecule has 0 radical (unpaired) electrons. The molecule has 2 bridgehead atoms. The van der Waals surface area contributed by atoms with Crippen LogP contribution in [0, 0.1) is 0 Å². The van der Waals surface area contributed by atoms with Gasteiger partial charge in [-0.1, -0.05) is 54.6 Å². The Hall–Kier alpha value is -3.28. The van der Waals surface area contributed by atoms with Crippen molar-refractivity contribution in [2.45, 2.75) is 55.2 Å². The number of aromatic amines is 1. The maximum absolute atomic E-state index is 11.0. The molecule has 188 valence electrons. The summed E-state index contributed by atoms with van der Waals surface area (Å²) < 4.78 is 6.86. The van der Waals surface area contributed by atoms with Gasteiger partial charge in [-0.15, -0.1) is 0 Å². The highest BCUT2D eigenvalue weighted by Crippen LogP contribution is 2.68. The van der Waals surface area contributed by atoms with E-state index in [-0.39, 0.29) is 22.8 Å². The summed E-state index contributed by atoms with van der Waals surface area (Å²) in [7, 11) is 2.30. The van der Waals surface area contributed by atoms with E-state index in [0.29, 0.717) is 11.8 Å². The van der Waals surface area contributed by atoms with Crippen molar-refractivity contribution in [3.05, 3.63) is 94.7 Å². The third kappa shape index (κ3) is 2.71. The highest BCUT2D eigenvalue weighted by atomic mass is 16.5. The average Bonchev–Trinajstić information content (AvgIpc) is 3.46. The number of benzene rings is 3. The standard InChI is InChI=1S/C32H33N3O2/c1-35-17-15-31-27-21-13-14-25(36)29(27)37-30(31)28-23(22-11-5-6-12-24(22)34-28)19-32(31,26(35)18-21)33-16-7-10-20-8-3-2-4-9-20/h2-6,8-9,11-14,26,30,33-34,36H,7,10,15-19H2,1H3/t26?,30-,31-,32+/m0/s1. The zero-order valence-electron chi connectivity index (χ0n) is 21.3. The van der Waals surface area contributed by atoms with Crippen molar-refractivity contribution in [3.63, 3.8) is 0 Å². The molecule has 2 aliphatic heterocycles. The van der Waals surface area contributed by atoms with Crippen molar-refractivity contribution >= 4 is 10.9 Å². The van der Waals surface area contributed by atoms with Crippen LogP contribution in [0.1, 0.15) is 46.9 Å². The van der Waals surface area contributed by atoms with E-state index in [1.54, 1.807) is 0 Å². The molecule has 1 spiro atoms. The van der Waals surface area contributed by atoms with Crippen LogP contribution in [0.15, 0.2) is 66.7 Å². The van der Waals surface area contributed by atoms with Crippen LogP contribution in [-0.2, 0) is 24.7 Å². The number of likely N-dealkylation sites (tertiary alicyclic amines) is 1. The van der Waals surface area contributed by atoms with E-state index < -0.39 is 0 Å². The van der Waals surface area contributed by atoms with Crippen LogP contribution in [-0.4, -0.2) is 46.7 Å². The molecule has 5 heteroatoms. The Morgan fingerprint density at radius 3 is 2.81 bits per heavy atom. The van der Waals surface area contributed by atoms with Gasteiger partial charge in [0.2, 0.25) is 0 Å². The number of aromatic hydroxyl groups is 1. The van der Waals surface area contributed by atoms with E-state index >= 15 is 0 Å². The maximum Gasteiger partial charge on any atom is 0.166 e. The topological polar surface area (TPSA) is 60.5 Å². The van der Waals surface area contributed by atoms with E-state index in [2.05, 4.69) is 82.9 Å². The first kappa shape index (κ1) is 21.8. The summed E-state index contributed by atoms with van der Waals surface area (Å²) in [6.45, 7) is 1.98. The summed E-state index contributed by atoms with van der Waals surface area (Å²) in [6, 6.07) is 23.8. The van der Waals surface area contributed by atoms with Gasteiger partial charge < -0.3 is 25.0 Å². The van der Waals surface area contributed by atoms with Crippen LogP contribution in [0.5, 0.6) is 11.5 Å². The molecule has 0 amide bonds. The average molecular weight is 492 g/mol. The highest BCUT2D eigenvalue weighted by molar-refractivity contribution is 5.86. The Morgan fingerprint density at radius 1 is 1.08 bits per heavy atom. The molecule has 0 saturated carbocycles. The number of nitrogens with zero attached hydrogens (tertiary/aromatic N) is 1. The van der Waals surface area contributed by atoms with E-state index in [4.69, 9.17) is 4.74 Å². The maximum atomic E-state index is 11.0. The van der Waals surface area contributed by atoms with Crippen LogP contribution in [0.2, 0.25) is 0 Å². The van der Waals surface area contributed by atoms with Gasteiger partial charge in [-0.05, 0) is 81.1 Å². The summed E-state index contributed by atoms with van der Waals surface area (Å²) in [5.74, 6) is 0.989. The number of nitrogens with one attached hydrogen (secondary N) is 2. The molecule has 4 atom stereocenters. The molecule has 3 aromatic carbocycles. The molecule has 5 nitrogen and oxygen atoms in total. The number of likely N-dealkylation sites (N-methyl/N-ethyl adjacent to an activating group) is 1. The first-order chi connectivity index (χ1) is 18.1. The predicted molar refractivity (Wildman–Crippen MR) is 145 cm³/mol. The van der Waals surface area contributed by atoms with E-state index in [9.17, 15) is 5.11 Å². The number of piperidine rings is 1. The lowest BCUT2D eigenvalue weighted by Crippen LogP contribution is -2.79. The number of aromatic nitrogens is 1. The summed E-state index contributed by atoms with van der Waals surface area (Å²) >= 11 is 0. The smallest absolute Gasteiger partial charge is 0.166 e. The molecule has 1 unspecified atom stereocenters. The molecule has 8 rings (SSSR count). The molecule has 3 heterocycles. The minimum atomic E-state index is -0.216. The SMILES string of the molecule is CN1CC[C@]23c4c5ccc(O)c4O[C@H]2c2[nH]c4ccccc4c2C[C@@]3(NCCCc2ccccc2)C1C5. The van der Waals surface area contributed by atoms with Gasteiger partial charge in [0.15, 0.2) is 17.6 Å². The van der Waals surface area contributed by atoms with Crippen LogP contribution < -0.4 is 10.1 Å². The molecule has 1 aromatic heterocycles. The molecule has 4 aliphatic rings. The number of fused-ring (bicyclic) bond motifs is 4. The summed E-state index contributed by atoms with van der Waals surface area (Å²) in [6.07, 6.45) is 4.96. The number of hydrogen-bond donors (Lipinski definition) is 3. The van der Waals surface area contributed by atoms with E-state index in [0.717, 1.165) is 45.2 Å². The number of rotatable bonds is 5. The second-order valence-corrected chi connectivity index (χ2v) is 11.6. The van der Waals surface area contributed by atoms with Crippen molar-refractivity contribution in [1.82, 2.24) is 15.2 Å². The van der Waals surface area contributed by atoms with Gasteiger partial charge in [0.25, 0.3) is 0 Å². The molecule has 1 fully saturated rings. The number of phenolic OH excluding ortho intramolecular Hbond substituents is 1. The largest absolute Gasteiger partial charge is 0.504 e. The first-order valence-electron chi connectivity index (χ1n) is 13.7. The Balaban J connectivity index is 1.30. The number of aryl methyl sites for hydroxylation is 1. The van der Waals surface area contributed by atoms with Crippen molar-refractivity contribution in [2.75, 3.05) is 20.1 Å². The Labute approximate surface area is 217 Å². The fourth-order valence-corrected chi connectivity index (χ4v) is 8.48.